The highest BCUT2D eigenvalue weighted by atomic mass is 16.5. The first-order valence-corrected chi connectivity index (χ1v) is 7.41. The third-order valence-corrected chi connectivity index (χ3v) is 3.87. The van der Waals surface area contributed by atoms with Crippen LogP contribution in [0, 0.1) is 0 Å². The Kier molecular flexibility index (Phi) is 5.87. The number of methoxy groups -OCH3 is 1. The van der Waals surface area contributed by atoms with Gasteiger partial charge in [-0.3, -0.25) is 9.69 Å². The van der Waals surface area contributed by atoms with Crippen molar-refractivity contribution in [3.8, 4) is 11.5 Å². The lowest BCUT2D eigenvalue weighted by Crippen LogP contribution is -2.42. The molecule has 1 heterocycles. The molecule has 2 rings (SSSR count). The largest absolute Gasteiger partial charge is 0.497 e. The summed E-state index contributed by atoms with van der Waals surface area (Å²) < 4.78 is 10.8. The predicted molar refractivity (Wildman–Crippen MR) is 80.0 cm³/mol. The zero-order chi connectivity index (χ0) is 15.1. The highest BCUT2D eigenvalue weighted by molar-refractivity contribution is 5.67. The molecule has 5 heteroatoms. The van der Waals surface area contributed by atoms with Crippen LogP contribution in [0.25, 0.3) is 0 Å². The first kappa shape index (κ1) is 15.6. The van der Waals surface area contributed by atoms with Crippen molar-refractivity contribution in [2.75, 3.05) is 26.8 Å². The molecule has 1 saturated heterocycles. The lowest BCUT2D eigenvalue weighted by atomic mass is 9.99. The Morgan fingerprint density at radius 1 is 1.29 bits per heavy atom. The molecule has 1 aliphatic rings. The number of carbonyl (C=O) groups is 1. The molecular formula is C16H23NO4. The Morgan fingerprint density at radius 3 is 2.67 bits per heavy atom. The van der Waals surface area contributed by atoms with Gasteiger partial charge in [0.2, 0.25) is 0 Å². The van der Waals surface area contributed by atoms with Crippen molar-refractivity contribution in [2.24, 2.45) is 0 Å². The molecule has 1 atom stereocenters. The summed E-state index contributed by atoms with van der Waals surface area (Å²) in [5.41, 5.74) is 0. The number of nitrogens with zero attached hydrogens (tertiary/aromatic N) is 1. The van der Waals surface area contributed by atoms with E-state index in [9.17, 15) is 4.79 Å². The van der Waals surface area contributed by atoms with Crippen LogP contribution in [0.15, 0.2) is 24.3 Å². The zero-order valence-corrected chi connectivity index (χ0v) is 12.5. The molecule has 1 unspecified atom stereocenters. The fraction of sp³-hybridized carbons (Fsp3) is 0.562. The molecule has 5 nitrogen and oxygen atoms in total. The molecule has 0 radical (unpaired) electrons. The van der Waals surface area contributed by atoms with Crippen LogP contribution in [-0.4, -0.2) is 48.8 Å². The topological polar surface area (TPSA) is 59.0 Å². The Bertz CT molecular complexity index is 446. The number of hydrogen-bond donors (Lipinski definition) is 1. The maximum atomic E-state index is 10.9. The van der Waals surface area contributed by atoms with Gasteiger partial charge in [-0.05, 0) is 43.7 Å². The standard InChI is InChI=1S/C16H23NO4/c1-20-14-5-7-15(8-6-14)21-11-10-17-9-3-2-4-13(17)12-16(18)19/h5-8,13H,2-4,9-12H2,1H3,(H,18,19). The molecule has 0 saturated carbocycles. The van der Waals surface area contributed by atoms with E-state index in [4.69, 9.17) is 14.6 Å². The molecule has 21 heavy (non-hydrogen) atoms. The Hall–Kier alpha value is -1.75. The number of rotatable bonds is 7. The molecule has 0 aliphatic carbocycles. The van der Waals surface area contributed by atoms with Gasteiger partial charge in [0, 0.05) is 12.6 Å². The van der Waals surface area contributed by atoms with Gasteiger partial charge in [-0.25, -0.2) is 0 Å². The molecule has 0 amide bonds. The summed E-state index contributed by atoms with van der Waals surface area (Å²) in [5, 5.41) is 8.97. The average Bonchev–Trinajstić information content (AvgIpc) is 2.49. The summed E-state index contributed by atoms with van der Waals surface area (Å²) in [7, 11) is 1.63. The third kappa shape index (κ3) is 4.93. The maximum absolute atomic E-state index is 10.9. The van der Waals surface area contributed by atoms with E-state index in [0.717, 1.165) is 43.9 Å². The molecule has 0 aromatic heterocycles. The summed E-state index contributed by atoms with van der Waals surface area (Å²) in [5.74, 6) is 0.894. The first-order chi connectivity index (χ1) is 10.2. The van der Waals surface area contributed by atoms with Crippen LogP contribution in [0.1, 0.15) is 25.7 Å². The maximum Gasteiger partial charge on any atom is 0.304 e. The van der Waals surface area contributed by atoms with Crippen molar-refractivity contribution in [3.63, 3.8) is 0 Å². The summed E-state index contributed by atoms with van der Waals surface area (Å²) in [4.78, 5) is 13.1. The van der Waals surface area contributed by atoms with Crippen LogP contribution in [-0.2, 0) is 4.79 Å². The van der Waals surface area contributed by atoms with Gasteiger partial charge >= 0.3 is 5.97 Å². The minimum absolute atomic E-state index is 0.149. The van der Waals surface area contributed by atoms with Crippen LogP contribution in [0.2, 0.25) is 0 Å². The van der Waals surface area contributed by atoms with E-state index in [1.54, 1.807) is 7.11 Å². The molecule has 1 aliphatic heterocycles. The summed E-state index contributed by atoms with van der Waals surface area (Å²) >= 11 is 0. The predicted octanol–water partition coefficient (Wildman–Crippen LogP) is 2.40. The van der Waals surface area contributed by atoms with E-state index in [1.807, 2.05) is 24.3 Å². The number of ether oxygens (including phenoxy) is 2. The van der Waals surface area contributed by atoms with Crippen molar-refractivity contribution in [1.82, 2.24) is 4.90 Å². The fourth-order valence-corrected chi connectivity index (χ4v) is 2.74. The normalized spacial score (nSPS) is 19.2. The van der Waals surface area contributed by atoms with Gasteiger partial charge < -0.3 is 14.6 Å². The van der Waals surface area contributed by atoms with Gasteiger partial charge in [-0.2, -0.15) is 0 Å². The quantitative estimate of drug-likeness (QED) is 0.836. The Labute approximate surface area is 125 Å². The highest BCUT2D eigenvalue weighted by Crippen LogP contribution is 2.20. The Morgan fingerprint density at radius 2 is 2.00 bits per heavy atom. The van der Waals surface area contributed by atoms with E-state index in [2.05, 4.69) is 4.90 Å². The molecular weight excluding hydrogens is 270 g/mol. The Balaban J connectivity index is 1.78. The van der Waals surface area contributed by atoms with E-state index < -0.39 is 5.97 Å². The number of aliphatic carboxylic acids is 1. The van der Waals surface area contributed by atoms with Crippen LogP contribution in [0.4, 0.5) is 0 Å². The van der Waals surface area contributed by atoms with E-state index in [0.29, 0.717) is 6.61 Å². The van der Waals surface area contributed by atoms with Crippen molar-refractivity contribution in [2.45, 2.75) is 31.7 Å². The fourth-order valence-electron chi connectivity index (χ4n) is 2.74. The molecule has 1 fully saturated rings. The second kappa shape index (κ2) is 7.88. The number of hydrogen-bond acceptors (Lipinski definition) is 4. The SMILES string of the molecule is COc1ccc(OCCN2CCCCC2CC(=O)O)cc1. The molecule has 1 N–H and O–H groups in total. The number of piperidine rings is 1. The lowest BCUT2D eigenvalue weighted by molar-refractivity contribution is -0.138. The van der Waals surface area contributed by atoms with Crippen molar-refractivity contribution in [3.05, 3.63) is 24.3 Å². The number of carboxylic acid groups (broad SMARTS) is 1. The van der Waals surface area contributed by atoms with Crippen LogP contribution < -0.4 is 9.47 Å². The molecule has 116 valence electrons. The van der Waals surface area contributed by atoms with Crippen molar-refractivity contribution in [1.29, 1.82) is 0 Å². The third-order valence-electron chi connectivity index (χ3n) is 3.87. The highest BCUT2D eigenvalue weighted by Gasteiger charge is 2.24. The smallest absolute Gasteiger partial charge is 0.304 e. The monoisotopic (exact) mass is 293 g/mol. The van der Waals surface area contributed by atoms with Gasteiger partial charge in [-0.15, -0.1) is 0 Å². The second-order valence-electron chi connectivity index (χ2n) is 5.31. The number of benzene rings is 1. The zero-order valence-electron chi connectivity index (χ0n) is 12.5. The van der Waals surface area contributed by atoms with Crippen LogP contribution in [0.3, 0.4) is 0 Å². The van der Waals surface area contributed by atoms with Crippen molar-refractivity contribution < 1.29 is 19.4 Å². The first-order valence-electron chi connectivity index (χ1n) is 7.41. The van der Waals surface area contributed by atoms with Gasteiger partial charge in [0.25, 0.3) is 0 Å². The summed E-state index contributed by atoms with van der Waals surface area (Å²) in [6.45, 7) is 2.30. The molecule has 1 aromatic rings. The van der Waals surface area contributed by atoms with Crippen LogP contribution >= 0.6 is 0 Å². The minimum atomic E-state index is -0.719. The van der Waals surface area contributed by atoms with E-state index in [1.165, 1.54) is 0 Å². The minimum Gasteiger partial charge on any atom is -0.497 e. The second-order valence-corrected chi connectivity index (χ2v) is 5.31. The number of likely N-dealkylation sites (tertiary alicyclic amines) is 1. The van der Waals surface area contributed by atoms with Gasteiger partial charge in [0.15, 0.2) is 0 Å². The summed E-state index contributed by atoms with van der Waals surface area (Å²) in [6.07, 6.45) is 3.45. The molecule has 0 bridgehead atoms. The van der Waals surface area contributed by atoms with Gasteiger partial charge in [0.05, 0.1) is 13.5 Å². The van der Waals surface area contributed by atoms with Crippen LogP contribution in [0.5, 0.6) is 11.5 Å². The van der Waals surface area contributed by atoms with Crippen molar-refractivity contribution >= 4 is 5.97 Å². The lowest BCUT2D eigenvalue weighted by Gasteiger charge is -2.34. The number of carboxylic acids is 1. The average molecular weight is 293 g/mol. The molecule has 1 aromatic carbocycles. The van der Waals surface area contributed by atoms with E-state index >= 15 is 0 Å². The summed E-state index contributed by atoms with van der Waals surface area (Å²) in [6, 6.07) is 7.64. The van der Waals surface area contributed by atoms with Gasteiger partial charge in [-0.1, -0.05) is 6.42 Å². The van der Waals surface area contributed by atoms with E-state index in [-0.39, 0.29) is 12.5 Å². The van der Waals surface area contributed by atoms with Gasteiger partial charge in [0.1, 0.15) is 18.1 Å². The molecule has 0 spiro atoms.